The number of fused-ring (bicyclic) bond motifs is 1. The zero-order valence-electron chi connectivity index (χ0n) is 10.1. The molecule has 6 nitrogen and oxygen atoms in total. The summed E-state index contributed by atoms with van der Waals surface area (Å²) in [4.78, 5) is 24.2. The maximum absolute atomic E-state index is 12.9. The molecule has 0 radical (unpaired) electrons. The van der Waals surface area contributed by atoms with Crippen molar-refractivity contribution >= 4 is 17.5 Å². The zero-order chi connectivity index (χ0) is 14.5. The monoisotopic (exact) mass is 284 g/mol. The van der Waals surface area contributed by atoms with E-state index in [4.69, 9.17) is 5.73 Å². The van der Waals surface area contributed by atoms with E-state index in [2.05, 4.69) is 9.47 Å². The second kappa shape index (κ2) is 4.06. The second-order valence-electron chi connectivity index (χ2n) is 4.61. The van der Waals surface area contributed by atoms with Crippen LogP contribution in [0.2, 0.25) is 0 Å². The van der Waals surface area contributed by atoms with Gasteiger partial charge >= 0.3 is 6.29 Å². The number of primary amides is 1. The fraction of sp³-hybridized carbons (Fsp3) is 0.333. The van der Waals surface area contributed by atoms with Crippen LogP contribution < -0.4 is 20.1 Å². The van der Waals surface area contributed by atoms with E-state index in [-0.39, 0.29) is 30.4 Å². The standard InChI is InChI=1S/C12H10F2N2O4/c13-12(14)19-8-2-1-7(4-9(8)20-12)16-5-6(11(15)18)3-10(16)17/h1-2,4,6H,3,5H2,(H2,15,18). The minimum absolute atomic E-state index is 0.0138. The van der Waals surface area contributed by atoms with E-state index in [9.17, 15) is 18.4 Å². The number of benzene rings is 1. The number of carbonyl (C=O) groups is 2. The zero-order valence-corrected chi connectivity index (χ0v) is 10.1. The summed E-state index contributed by atoms with van der Waals surface area (Å²) in [7, 11) is 0. The van der Waals surface area contributed by atoms with Crippen molar-refractivity contribution in [3.8, 4) is 11.5 Å². The molecule has 8 heteroatoms. The number of ether oxygens (including phenoxy) is 2. The smallest absolute Gasteiger partial charge is 0.395 e. The molecule has 2 amide bonds. The number of anilines is 1. The molecular formula is C12H10F2N2O4. The summed E-state index contributed by atoms with van der Waals surface area (Å²) in [5.74, 6) is -1.68. The number of hydrogen-bond acceptors (Lipinski definition) is 4. The Bertz CT molecular complexity index is 605. The maximum atomic E-state index is 12.9. The molecule has 0 saturated carbocycles. The molecule has 106 valence electrons. The first kappa shape index (κ1) is 12.6. The van der Waals surface area contributed by atoms with Crippen molar-refractivity contribution in [3.63, 3.8) is 0 Å². The second-order valence-corrected chi connectivity index (χ2v) is 4.61. The third-order valence-electron chi connectivity index (χ3n) is 3.22. The van der Waals surface area contributed by atoms with E-state index in [1.807, 2.05) is 0 Å². The quantitative estimate of drug-likeness (QED) is 0.872. The lowest BCUT2D eigenvalue weighted by Crippen LogP contribution is -2.28. The molecule has 1 aromatic rings. The number of hydrogen-bond donors (Lipinski definition) is 1. The van der Waals surface area contributed by atoms with Crippen LogP contribution >= 0.6 is 0 Å². The Kier molecular flexibility index (Phi) is 2.56. The molecule has 20 heavy (non-hydrogen) atoms. The van der Waals surface area contributed by atoms with Gasteiger partial charge in [-0.1, -0.05) is 0 Å². The predicted molar refractivity (Wildman–Crippen MR) is 62.3 cm³/mol. The molecule has 0 spiro atoms. The van der Waals surface area contributed by atoms with E-state index < -0.39 is 18.1 Å². The number of carbonyl (C=O) groups excluding carboxylic acids is 2. The lowest BCUT2D eigenvalue weighted by atomic mass is 10.1. The molecule has 1 atom stereocenters. The van der Waals surface area contributed by atoms with Crippen LogP contribution in [0.1, 0.15) is 6.42 Å². The molecule has 2 N–H and O–H groups in total. The molecule has 0 bridgehead atoms. The summed E-state index contributed by atoms with van der Waals surface area (Å²) in [6, 6.07) is 4.01. The average Bonchev–Trinajstić information content (AvgIpc) is 2.86. The Labute approximate surface area is 112 Å². The fourth-order valence-electron chi connectivity index (χ4n) is 2.25. The van der Waals surface area contributed by atoms with Crippen molar-refractivity contribution < 1.29 is 27.8 Å². The predicted octanol–water partition coefficient (Wildman–Crippen LogP) is 0.846. The molecule has 1 aromatic carbocycles. The van der Waals surface area contributed by atoms with E-state index in [1.165, 1.54) is 23.1 Å². The minimum atomic E-state index is -3.70. The maximum Gasteiger partial charge on any atom is 0.586 e. The SMILES string of the molecule is NC(=O)C1CC(=O)N(c2ccc3c(c2)OC(F)(F)O3)C1. The lowest BCUT2D eigenvalue weighted by Gasteiger charge is -2.16. The van der Waals surface area contributed by atoms with Crippen molar-refractivity contribution in [2.45, 2.75) is 12.7 Å². The third-order valence-corrected chi connectivity index (χ3v) is 3.22. The number of nitrogens with two attached hydrogens (primary N) is 1. The van der Waals surface area contributed by atoms with Crippen molar-refractivity contribution in [1.29, 1.82) is 0 Å². The van der Waals surface area contributed by atoms with Crippen LogP contribution in [0.25, 0.3) is 0 Å². The molecule has 2 heterocycles. The van der Waals surface area contributed by atoms with Gasteiger partial charge in [-0.05, 0) is 12.1 Å². The largest absolute Gasteiger partial charge is 0.586 e. The molecule has 1 unspecified atom stereocenters. The Balaban J connectivity index is 1.87. The van der Waals surface area contributed by atoms with Crippen molar-refractivity contribution in [1.82, 2.24) is 0 Å². The van der Waals surface area contributed by atoms with Crippen LogP contribution in [-0.4, -0.2) is 24.7 Å². The summed E-state index contributed by atoms with van der Waals surface area (Å²) in [6.07, 6.45) is -3.69. The van der Waals surface area contributed by atoms with Crippen LogP contribution in [0.15, 0.2) is 18.2 Å². The highest BCUT2D eigenvalue weighted by Gasteiger charge is 2.44. The minimum Gasteiger partial charge on any atom is -0.395 e. The lowest BCUT2D eigenvalue weighted by molar-refractivity contribution is -0.286. The molecule has 1 fully saturated rings. The van der Waals surface area contributed by atoms with Crippen LogP contribution in [0.5, 0.6) is 11.5 Å². The van der Waals surface area contributed by atoms with Gasteiger partial charge in [0.1, 0.15) is 0 Å². The van der Waals surface area contributed by atoms with E-state index in [0.717, 1.165) is 0 Å². The molecule has 2 aliphatic rings. The van der Waals surface area contributed by atoms with Gasteiger partial charge < -0.3 is 20.1 Å². The Hall–Kier alpha value is -2.38. The van der Waals surface area contributed by atoms with Gasteiger partial charge in [-0.25, -0.2) is 0 Å². The van der Waals surface area contributed by atoms with Gasteiger partial charge in [0.15, 0.2) is 11.5 Å². The van der Waals surface area contributed by atoms with Gasteiger partial charge in [-0.2, -0.15) is 0 Å². The highest BCUT2D eigenvalue weighted by atomic mass is 19.3. The highest BCUT2D eigenvalue weighted by molar-refractivity contribution is 6.00. The van der Waals surface area contributed by atoms with Crippen LogP contribution in [-0.2, 0) is 9.59 Å². The Morgan fingerprint density at radius 3 is 2.70 bits per heavy atom. The summed E-state index contributed by atoms with van der Waals surface area (Å²) in [5, 5.41) is 0. The number of alkyl halides is 2. The molecule has 1 saturated heterocycles. The first-order chi connectivity index (χ1) is 9.35. The molecular weight excluding hydrogens is 274 g/mol. The number of amides is 2. The summed E-state index contributed by atoms with van der Waals surface area (Å²) >= 11 is 0. The van der Waals surface area contributed by atoms with Gasteiger partial charge in [0.05, 0.1) is 5.92 Å². The van der Waals surface area contributed by atoms with Crippen LogP contribution in [0.4, 0.5) is 14.5 Å². The van der Waals surface area contributed by atoms with Gasteiger partial charge in [0.25, 0.3) is 0 Å². The summed E-state index contributed by atoms with van der Waals surface area (Å²) in [6.45, 7) is 0.129. The number of halogens is 2. The normalized spacial score (nSPS) is 23.2. The molecule has 0 aliphatic carbocycles. The van der Waals surface area contributed by atoms with Gasteiger partial charge in [-0.3, -0.25) is 9.59 Å². The van der Waals surface area contributed by atoms with Gasteiger partial charge in [-0.15, -0.1) is 8.78 Å². The first-order valence-corrected chi connectivity index (χ1v) is 5.85. The number of nitrogens with zero attached hydrogens (tertiary/aromatic N) is 1. The van der Waals surface area contributed by atoms with E-state index in [1.54, 1.807) is 0 Å². The van der Waals surface area contributed by atoms with Gasteiger partial charge in [0.2, 0.25) is 11.8 Å². The Morgan fingerprint density at radius 2 is 2.05 bits per heavy atom. The van der Waals surface area contributed by atoms with Crippen molar-refractivity contribution in [2.24, 2.45) is 11.7 Å². The van der Waals surface area contributed by atoms with Crippen molar-refractivity contribution in [2.75, 3.05) is 11.4 Å². The van der Waals surface area contributed by atoms with Gasteiger partial charge in [0, 0.05) is 24.7 Å². The van der Waals surface area contributed by atoms with E-state index in [0.29, 0.717) is 5.69 Å². The van der Waals surface area contributed by atoms with Crippen LogP contribution in [0.3, 0.4) is 0 Å². The highest BCUT2D eigenvalue weighted by Crippen LogP contribution is 2.43. The van der Waals surface area contributed by atoms with Crippen molar-refractivity contribution in [3.05, 3.63) is 18.2 Å². The average molecular weight is 284 g/mol. The topological polar surface area (TPSA) is 81.9 Å². The molecule has 0 aromatic heterocycles. The summed E-state index contributed by atoms with van der Waals surface area (Å²) < 4.78 is 34.4. The molecule has 2 aliphatic heterocycles. The number of rotatable bonds is 2. The first-order valence-electron chi connectivity index (χ1n) is 5.85. The molecule has 3 rings (SSSR count). The van der Waals surface area contributed by atoms with Crippen LogP contribution in [0, 0.1) is 5.92 Å². The Morgan fingerprint density at radius 1 is 1.35 bits per heavy atom. The van der Waals surface area contributed by atoms with E-state index >= 15 is 0 Å². The fourth-order valence-corrected chi connectivity index (χ4v) is 2.25. The summed E-state index contributed by atoms with van der Waals surface area (Å²) in [5.41, 5.74) is 5.52. The third kappa shape index (κ3) is 2.02.